The first-order valence-corrected chi connectivity index (χ1v) is 4.55. The Bertz CT molecular complexity index is 41.8. The maximum atomic E-state index is 10.7. The van der Waals surface area contributed by atoms with Gasteiger partial charge in [-0.1, -0.05) is 35.9 Å². The molecule has 1 nitrogen and oxygen atoms in total. The smallest absolute Gasteiger partial charge is 0.0937 e. The molecule has 0 bridgehead atoms. The van der Waals surface area contributed by atoms with Crippen molar-refractivity contribution >= 4 is 22.6 Å². The van der Waals surface area contributed by atoms with E-state index in [4.69, 9.17) is 0 Å². The van der Waals surface area contributed by atoms with Gasteiger partial charge in [-0.15, -0.1) is 0 Å². The molecule has 0 rings (SSSR count). The lowest BCUT2D eigenvalue weighted by atomic mass is 10.2. The Morgan fingerprint density at radius 2 is 2.12 bits per heavy atom. The van der Waals surface area contributed by atoms with Gasteiger partial charge in [0, 0.05) is 4.43 Å². The summed E-state index contributed by atoms with van der Waals surface area (Å²) in [6.45, 7) is 2.05. The molecule has 0 N–H and O–H groups in total. The molecule has 0 amide bonds. The molecule has 2 heteroatoms. The maximum absolute atomic E-state index is 10.7. The average Bonchev–Trinajstić information content (AvgIpc) is 1.68. The van der Waals surface area contributed by atoms with Crippen molar-refractivity contribution in [2.45, 2.75) is 32.3 Å². The molecule has 0 heterocycles. The number of alkyl halides is 1. The van der Waals surface area contributed by atoms with Gasteiger partial charge in [-0.05, 0) is 12.8 Å². The predicted octanol–water partition coefficient (Wildman–Crippen LogP) is 2.41. The van der Waals surface area contributed by atoms with Crippen LogP contribution >= 0.6 is 22.6 Å². The first-order chi connectivity index (χ1) is 3.81. The van der Waals surface area contributed by atoms with Crippen molar-refractivity contribution in [2.75, 3.05) is 4.43 Å². The first-order valence-electron chi connectivity index (χ1n) is 3.03. The Labute approximate surface area is 64.6 Å². The van der Waals surface area contributed by atoms with E-state index < -0.39 is 0 Å². The summed E-state index contributed by atoms with van der Waals surface area (Å²) < 4.78 is 1.01. The van der Waals surface area contributed by atoms with E-state index in [1.54, 1.807) is 0 Å². The summed E-state index contributed by atoms with van der Waals surface area (Å²) in [6, 6.07) is 0. The fraction of sp³-hybridized carbons (Fsp3) is 1.00. The highest BCUT2D eigenvalue weighted by Crippen LogP contribution is 2.03. The van der Waals surface area contributed by atoms with E-state index in [1.165, 1.54) is 0 Å². The largest absolute Gasteiger partial charge is 0.233 e. The van der Waals surface area contributed by atoms with Crippen LogP contribution in [0.2, 0.25) is 0 Å². The molecule has 1 radical (unpaired) electrons. The minimum atomic E-state index is -0.295. The third kappa shape index (κ3) is 4.84. The second-order valence-corrected chi connectivity index (χ2v) is 2.97. The Morgan fingerprint density at radius 1 is 1.50 bits per heavy atom. The van der Waals surface area contributed by atoms with Gasteiger partial charge in [-0.3, -0.25) is 0 Å². The second kappa shape index (κ2) is 5.82. The molecule has 1 unspecified atom stereocenters. The summed E-state index contributed by atoms with van der Waals surface area (Å²) in [6.07, 6.45) is 2.43. The molecule has 0 aromatic rings. The second-order valence-electron chi connectivity index (χ2n) is 1.89. The molecule has 0 aliphatic rings. The summed E-state index contributed by atoms with van der Waals surface area (Å²) in [5.41, 5.74) is 0. The number of hydrogen-bond donors (Lipinski definition) is 0. The van der Waals surface area contributed by atoms with E-state index in [0.29, 0.717) is 0 Å². The molecule has 0 aromatic heterocycles. The molecule has 0 aliphatic heterocycles. The van der Waals surface area contributed by atoms with E-state index in [1.807, 2.05) is 0 Å². The fourth-order valence-electron chi connectivity index (χ4n) is 0.588. The summed E-state index contributed by atoms with van der Waals surface area (Å²) in [5, 5.41) is 10.7. The molecule has 1 atom stereocenters. The van der Waals surface area contributed by atoms with Crippen LogP contribution in [0.4, 0.5) is 0 Å². The zero-order chi connectivity index (χ0) is 6.41. The number of rotatable bonds is 4. The quantitative estimate of drug-likeness (QED) is 0.519. The third-order valence-electron chi connectivity index (χ3n) is 1.04. The van der Waals surface area contributed by atoms with Crippen molar-refractivity contribution in [2.24, 2.45) is 0 Å². The van der Waals surface area contributed by atoms with E-state index in [9.17, 15) is 5.11 Å². The van der Waals surface area contributed by atoms with Crippen LogP contribution in [0.5, 0.6) is 0 Å². The summed E-state index contributed by atoms with van der Waals surface area (Å²) in [4.78, 5) is 0. The molecule has 0 spiro atoms. The van der Waals surface area contributed by atoms with Gasteiger partial charge in [0.2, 0.25) is 0 Å². The predicted molar refractivity (Wildman–Crippen MR) is 42.9 cm³/mol. The van der Waals surface area contributed by atoms with Crippen molar-refractivity contribution < 1.29 is 5.11 Å². The Kier molecular flexibility index (Phi) is 6.32. The summed E-state index contributed by atoms with van der Waals surface area (Å²) in [5.74, 6) is 0. The van der Waals surface area contributed by atoms with E-state index in [2.05, 4.69) is 29.5 Å². The standard InChI is InChI=1S/C6H12IO/c1-2-3-6(8)4-5-7/h6H,2-5H2,1H3. The highest BCUT2D eigenvalue weighted by Gasteiger charge is 2.00. The molecule has 0 aromatic carbocycles. The maximum Gasteiger partial charge on any atom is 0.0937 e. The van der Waals surface area contributed by atoms with E-state index in [0.717, 1.165) is 23.7 Å². The Morgan fingerprint density at radius 3 is 2.50 bits per heavy atom. The lowest BCUT2D eigenvalue weighted by Crippen LogP contribution is -2.03. The third-order valence-corrected chi connectivity index (χ3v) is 1.66. The normalized spacial score (nSPS) is 13.9. The van der Waals surface area contributed by atoms with Crippen molar-refractivity contribution in [1.29, 1.82) is 0 Å². The molecule has 0 saturated heterocycles. The minimum absolute atomic E-state index is 0.295. The Balaban J connectivity index is 2.92. The van der Waals surface area contributed by atoms with Crippen LogP contribution in [-0.4, -0.2) is 10.5 Å². The highest BCUT2D eigenvalue weighted by molar-refractivity contribution is 14.1. The monoisotopic (exact) mass is 227 g/mol. The van der Waals surface area contributed by atoms with E-state index >= 15 is 0 Å². The molecule has 0 saturated carbocycles. The Hall–Kier alpha value is 0.690. The van der Waals surface area contributed by atoms with Crippen molar-refractivity contribution in [3.8, 4) is 0 Å². The molecule has 0 fully saturated rings. The van der Waals surface area contributed by atoms with Gasteiger partial charge >= 0.3 is 0 Å². The summed E-state index contributed by atoms with van der Waals surface area (Å²) >= 11 is 2.24. The van der Waals surface area contributed by atoms with E-state index in [-0.39, 0.29) is 6.10 Å². The first kappa shape index (κ1) is 8.69. The van der Waals surface area contributed by atoms with Gasteiger partial charge in [0.25, 0.3) is 0 Å². The van der Waals surface area contributed by atoms with Crippen LogP contribution < -0.4 is 0 Å². The molecular formula is C6H12IO. The lowest BCUT2D eigenvalue weighted by molar-refractivity contribution is 0.0790. The lowest BCUT2D eigenvalue weighted by Gasteiger charge is -2.00. The van der Waals surface area contributed by atoms with Gasteiger partial charge in [-0.25, -0.2) is 5.11 Å². The van der Waals surface area contributed by atoms with Gasteiger partial charge in [0.05, 0.1) is 6.10 Å². The molecule has 8 heavy (non-hydrogen) atoms. The van der Waals surface area contributed by atoms with Crippen molar-refractivity contribution in [3.05, 3.63) is 0 Å². The number of hydrogen-bond acceptors (Lipinski definition) is 0. The molecule has 49 valence electrons. The van der Waals surface area contributed by atoms with Gasteiger partial charge in [-0.2, -0.15) is 0 Å². The minimum Gasteiger partial charge on any atom is -0.233 e. The number of halogens is 1. The SMILES string of the molecule is CCCC([O])CCI. The molecular weight excluding hydrogens is 215 g/mol. The topological polar surface area (TPSA) is 19.9 Å². The van der Waals surface area contributed by atoms with Crippen LogP contribution in [0.25, 0.3) is 0 Å². The fourth-order valence-corrected chi connectivity index (χ4v) is 1.28. The zero-order valence-corrected chi connectivity index (χ0v) is 7.35. The van der Waals surface area contributed by atoms with Crippen LogP contribution in [0.3, 0.4) is 0 Å². The molecule has 0 aliphatic carbocycles. The van der Waals surface area contributed by atoms with Crippen molar-refractivity contribution in [3.63, 3.8) is 0 Å². The van der Waals surface area contributed by atoms with Crippen LogP contribution in [0, 0.1) is 0 Å². The summed E-state index contributed by atoms with van der Waals surface area (Å²) in [7, 11) is 0. The van der Waals surface area contributed by atoms with Crippen LogP contribution in [0.15, 0.2) is 0 Å². The van der Waals surface area contributed by atoms with Gasteiger partial charge in [0.1, 0.15) is 0 Å². The highest BCUT2D eigenvalue weighted by atomic mass is 127. The van der Waals surface area contributed by atoms with Crippen LogP contribution in [-0.2, 0) is 5.11 Å². The zero-order valence-electron chi connectivity index (χ0n) is 5.19. The van der Waals surface area contributed by atoms with Gasteiger partial charge in [0.15, 0.2) is 0 Å². The van der Waals surface area contributed by atoms with Gasteiger partial charge < -0.3 is 0 Å². The average molecular weight is 227 g/mol. The van der Waals surface area contributed by atoms with Crippen LogP contribution in [0.1, 0.15) is 26.2 Å². The van der Waals surface area contributed by atoms with Crippen molar-refractivity contribution in [1.82, 2.24) is 0 Å².